The summed E-state index contributed by atoms with van der Waals surface area (Å²) in [5, 5.41) is 2.86. The summed E-state index contributed by atoms with van der Waals surface area (Å²) in [7, 11) is 1.34. The number of fused-ring (bicyclic) bond motifs is 1. The SMILES string of the molecule is COC(=O)[C@@H]1CCCCCCc2ccccc2C[C@H](CSC(C)=O)C(=O)N1. The Morgan fingerprint density at radius 3 is 2.56 bits per heavy atom. The highest BCUT2D eigenvalue weighted by molar-refractivity contribution is 8.13. The van der Waals surface area contributed by atoms with Gasteiger partial charge in [0.05, 0.1) is 13.0 Å². The number of esters is 1. The van der Waals surface area contributed by atoms with E-state index in [1.54, 1.807) is 0 Å². The van der Waals surface area contributed by atoms with Gasteiger partial charge in [0.2, 0.25) is 5.91 Å². The van der Waals surface area contributed by atoms with Crippen LogP contribution in [0.25, 0.3) is 0 Å². The van der Waals surface area contributed by atoms with Gasteiger partial charge in [-0.1, -0.05) is 55.3 Å². The molecular formula is C21H29NO4S. The lowest BCUT2D eigenvalue weighted by Gasteiger charge is -2.21. The molecule has 0 saturated heterocycles. The van der Waals surface area contributed by atoms with Gasteiger partial charge in [-0.25, -0.2) is 4.79 Å². The number of amides is 1. The summed E-state index contributed by atoms with van der Waals surface area (Å²) in [6, 6.07) is 7.58. The number of hydrogen-bond donors (Lipinski definition) is 1. The van der Waals surface area contributed by atoms with Crippen molar-refractivity contribution in [3.63, 3.8) is 0 Å². The molecule has 1 amide bonds. The molecule has 27 heavy (non-hydrogen) atoms. The normalized spacial score (nSPS) is 21.6. The number of ether oxygens (including phenoxy) is 1. The van der Waals surface area contributed by atoms with Crippen LogP contribution in [0, 0.1) is 5.92 Å². The molecule has 1 aromatic carbocycles. The lowest BCUT2D eigenvalue weighted by Crippen LogP contribution is -2.45. The molecule has 0 fully saturated rings. The zero-order valence-electron chi connectivity index (χ0n) is 16.2. The minimum absolute atomic E-state index is 0.0106. The quantitative estimate of drug-likeness (QED) is 0.801. The molecule has 2 rings (SSSR count). The van der Waals surface area contributed by atoms with Crippen LogP contribution < -0.4 is 5.32 Å². The van der Waals surface area contributed by atoms with E-state index in [9.17, 15) is 14.4 Å². The third-order valence-corrected chi connectivity index (χ3v) is 5.91. The summed E-state index contributed by atoms with van der Waals surface area (Å²) in [5.74, 6) is -0.554. The molecule has 0 radical (unpaired) electrons. The smallest absolute Gasteiger partial charge is 0.328 e. The van der Waals surface area contributed by atoms with Crippen molar-refractivity contribution in [1.29, 1.82) is 0 Å². The van der Waals surface area contributed by atoms with Crippen molar-refractivity contribution in [3.05, 3.63) is 35.4 Å². The summed E-state index contributed by atoms with van der Waals surface area (Å²) < 4.78 is 4.86. The van der Waals surface area contributed by atoms with Crippen molar-refractivity contribution < 1.29 is 19.1 Å². The van der Waals surface area contributed by atoms with Gasteiger partial charge in [-0.2, -0.15) is 0 Å². The molecule has 5 nitrogen and oxygen atoms in total. The van der Waals surface area contributed by atoms with Crippen LogP contribution in [0.15, 0.2) is 24.3 Å². The highest BCUT2D eigenvalue weighted by atomic mass is 32.2. The number of rotatable bonds is 3. The van der Waals surface area contributed by atoms with Crippen molar-refractivity contribution in [2.75, 3.05) is 12.9 Å². The van der Waals surface area contributed by atoms with E-state index in [4.69, 9.17) is 4.74 Å². The average Bonchev–Trinajstić information content (AvgIpc) is 2.67. The van der Waals surface area contributed by atoms with E-state index >= 15 is 0 Å². The number of benzene rings is 1. The molecule has 0 aromatic heterocycles. The number of carbonyl (C=O) groups is 3. The second-order valence-electron chi connectivity index (χ2n) is 7.01. The molecule has 0 unspecified atom stereocenters. The molecule has 0 saturated carbocycles. The Morgan fingerprint density at radius 1 is 1.15 bits per heavy atom. The van der Waals surface area contributed by atoms with Gasteiger partial charge in [-0.05, 0) is 36.8 Å². The van der Waals surface area contributed by atoms with E-state index in [-0.39, 0.29) is 16.9 Å². The Morgan fingerprint density at radius 2 is 1.85 bits per heavy atom. The van der Waals surface area contributed by atoms with Crippen molar-refractivity contribution in [2.45, 2.75) is 57.9 Å². The maximum atomic E-state index is 12.9. The van der Waals surface area contributed by atoms with Crippen molar-refractivity contribution in [3.8, 4) is 0 Å². The molecule has 0 aliphatic carbocycles. The van der Waals surface area contributed by atoms with Gasteiger partial charge in [0, 0.05) is 12.7 Å². The minimum Gasteiger partial charge on any atom is -0.467 e. The highest BCUT2D eigenvalue weighted by Crippen LogP contribution is 2.22. The largest absolute Gasteiger partial charge is 0.467 e. The van der Waals surface area contributed by atoms with E-state index in [0.29, 0.717) is 18.6 Å². The van der Waals surface area contributed by atoms with Crippen LogP contribution in [0.3, 0.4) is 0 Å². The summed E-state index contributed by atoms with van der Waals surface area (Å²) in [4.78, 5) is 36.4. The van der Waals surface area contributed by atoms with Crippen LogP contribution in [-0.2, 0) is 32.0 Å². The molecule has 1 aromatic rings. The van der Waals surface area contributed by atoms with Gasteiger partial charge in [0.1, 0.15) is 6.04 Å². The Bertz CT molecular complexity index is 661. The lowest BCUT2D eigenvalue weighted by atomic mass is 9.93. The second-order valence-corrected chi connectivity index (χ2v) is 8.21. The summed E-state index contributed by atoms with van der Waals surface area (Å²) in [6.45, 7) is 1.51. The van der Waals surface area contributed by atoms with Crippen molar-refractivity contribution in [2.24, 2.45) is 5.92 Å². The lowest BCUT2D eigenvalue weighted by molar-refractivity contribution is -0.145. The van der Waals surface area contributed by atoms with E-state index < -0.39 is 12.0 Å². The molecule has 1 aliphatic heterocycles. The molecular weight excluding hydrogens is 362 g/mol. The fourth-order valence-electron chi connectivity index (χ4n) is 3.41. The van der Waals surface area contributed by atoms with Crippen LogP contribution in [0.4, 0.5) is 0 Å². The number of carbonyl (C=O) groups excluding carboxylic acids is 3. The fourth-order valence-corrected chi connectivity index (χ4v) is 4.11. The standard InChI is InChI=1S/C21H29NO4S/c1-15(23)27-14-18-13-17-11-8-7-10-16(17)9-5-3-4-6-12-19(21(25)26-2)22-20(18)24/h7-8,10-11,18-19H,3-6,9,12-14H2,1-2H3,(H,22,24)/t18-,19+/m1/s1. The minimum atomic E-state index is -0.622. The summed E-state index contributed by atoms with van der Waals surface area (Å²) in [6.07, 6.45) is 6.22. The van der Waals surface area contributed by atoms with Crippen LogP contribution in [0.1, 0.15) is 50.2 Å². The average molecular weight is 392 g/mol. The molecule has 0 bridgehead atoms. The van der Waals surface area contributed by atoms with Crippen LogP contribution in [-0.4, -0.2) is 35.9 Å². The van der Waals surface area contributed by atoms with Gasteiger partial charge in [-0.15, -0.1) is 0 Å². The molecule has 1 aliphatic rings. The second kappa shape index (κ2) is 11.1. The Balaban J connectivity index is 2.25. The Kier molecular flexibility index (Phi) is 8.85. The van der Waals surface area contributed by atoms with Gasteiger partial charge in [-0.3, -0.25) is 9.59 Å². The first kappa shape index (κ1) is 21.5. The Hall–Kier alpha value is -1.82. The predicted octanol–water partition coefficient (Wildman–Crippen LogP) is 3.29. The number of hydrogen-bond acceptors (Lipinski definition) is 5. The van der Waals surface area contributed by atoms with E-state index in [2.05, 4.69) is 17.4 Å². The zero-order valence-corrected chi connectivity index (χ0v) is 17.0. The third-order valence-electron chi connectivity index (χ3n) is 4.93. The molecule has 0 spiro atoms. The maximum absolute atomic E-state index is 12.9. The van der Waals surface area contributed by atoms with Gasteiger partial charge in [0.15, 0.2) is 5.12 Å². The van der Waals surface area contributed by atoms with E-state index in [1.807, 2.05) is 12.1 Å². The fraction of sp³-hybridized carbons (Fsp3) is 0.571. The number of thioether (sulfide) groups is 1. The molecule has 2 atom stereocenters. The number of methoxy groups -OCH3 is 1. The monoisotopic (exact) mass is 391 g/mol. The van der Waals surface area contributed by atoms with Gasteiger partial charge in [0.25, 0.3) is 0 Å². The predicted molar refractivity (Wildman–Crippen MR) is 108 cm³/mol. The first-order valence-corrected chi connectivity index (χ1v) is 10.6. The highest BCUT2D eigenvalue weighted by Gasteiger charge is 2.27. The van der Waals surface area contributed by atoms with Crippen molar-refractivity contribution in [1.82, 2.24) is 5.32 Å². The van der Waals surface area contributed by atoms with Crippen molar-refractivity contribution >= 4 is 28.8 Å². The van der Waals surface area contributed by atoms with E-state index in [0.717, 1.165) is 49.4 Å². The topological polar surface area (TPSA) is 72.5 Å². The molecule has 148 valence electrons. The number of aryl methyl sites for hydroxylation is 1. The first-order valence-electron chi connectivity index (χ1n) is 9.59. The molecule has 6 heteroatoms. The Labute approximate surface area is 165 Å². The van der Waals surface area contributed by atoms with Gasteiger partial charge >= 0.3 is 5.97 Å². The van der Waals surface area contributed by atoms with Crippen LogP contribution >= 0.6 is 11.8 Å². The maximum Gasteiger partial charge on any atom is 0.328 e. The molecule has 1 heterocycles. The van der Waals surface area contributed by atoms with Crippen LogP contribution in [0.2, 0.25) is 0 Å². The van der Waals surface area contributed by atoms with Crippen LogP contribution in [0.5, 0.6) is 0 Å². The van der Waals surface area contributed by atoms with E-state index in [1.165, 1.54) is 19.6 Å². The third kappa shape index (κ3) is 7.01. The van der Waals surface area contributed by atoms with Gasteiger partial charge < -0.3 is 10.1 Å². The summed E-state index contributed by atoms with van der Waals surface area (Å²) in [5.41, 5.74) is 2.42. The summed E-state index contributed by atoms with van der Waals surface area (Å²) >= 11 is 1.16. The first-order chi connectivity index (χ1) is 13.0. The number of nitrogens with one attached hydrogen (secondary N) is 1. The zero-order chi connectivity index (χ0) is 19.6. The molecule has 1 N–H and O–H groups in total.